The maximum atomic E-state index is 5.76. The Labute approximate surface area is 80.4 Å². The van der Waals surface area contributed by atoms with Crippen LogP contribution < -0.4 is 5.32 Å². The van der Waals surface area contributed by atoms with E-state index in [9.17, 15) is 0 Å². The molecule has 0 saturated carbocycles. The zero-order valence-electron chi connectivity index (χ0n) is 8.62. The number of morpholine rings is 1. The monoisotopic (exact) mass is 184 g/mol. The lowest BCUT2D eigenvalue weighted by atomic mass is 9.98. The van der Waals surface area contributed by atoms with Crippen LogP contribution in [-0.4, -0.2) is 49.3 Å². The maximum absolute atomic E-state index is 5.76. The van der Waals surface area contributed by atoms with E-state index in [4.69, 9.17) is 4.74 Å². The number of nitrogens with one attached hydrogen (secondary N) is 1. The maximum Gasteiger partial charge on any atom is 0.0855 e. The standard InChI is InChI=1S/C10H20N2O/c1-8(2)12-5-6-13-10-7-11-4-3-9(10)12/h8-11H,3-7H2,1-2H3. The molecular formula is C10H20N2O. The van der Waals surface area contributed by atoms with Crippen LogP contribution in [0.15, 0.2) is 0 Å². The third-order valence-electron chi connectivity index (χ3n) is 3.16. The molecule has 0 amide bonds. The summed E-state index contributed by atoms with van der Waals surface area (Å²) in [5.74, 6) is 0. The van der Waals surface area contributed by atoms with Crippen LogP contribution in [-0.2, 0) is 4.74 Å². The van der Waals surface area contributed by atoms with Gasteiger partial charge in [0.2, 0.25) is 0 Å². The zero-order valence-corrected chi connectivity index (χ0v) is 8.62. The van der Waals surface area contributed by atoms with E-state index >= 15 is 0 Å². The highest BCUT2D eigenvalue weighted by Gasteiger charge is 2.34. The molecule has 76 valence electrons. The topological polar surface area (TPSA) is 24.5 Å². The van der Waals surface area contributed by atoms with Crippen molar-refractivity contribution in [2.45, 2.75) is 38.5 Å². The molecule has 2 aliphatic rings. The molecule has 0 spiro atoms. The Morgan fingerprint density at radius 1 is 1.46 bits per heavy atom. The van der Waals surface area contributed by atoms with Crippen molar-refractivity contribution in [1.82, 2.24) is 10.2 Å². The molecular weight excluding hydrogens is 164 g/mol. The molecule has 2 heterocycles. The molecule has 2 rings (SSSR count). The van der Waals surface area contributed by atoms with E-state index < -0.39 is 0 Å². The molecule has 2 saturated heterocycles. The molecule has 2 atom stereocenters. The second-order valence-electron chi connectivity index (χ2n) is 4.30. The molecule has 2 aliphatic heterocycles. The van der Waals surface area contributed by atoms with Crippen LogP contribution >= 0.6 is 0 Å². The Morgan fingerprint density at radius 3 is 3.08 bits per heavy atom. The number of rotatable bonds is 1. The fourth-order valence-electron chi connectivity index (χ4n) is 2.48. The van der Waals surface area contributed by atoms with Gasteiger partial charge in [0, 0.05) is 25.2 Å². The van der Waals surface area contributed by atoms with Crippen molar-refractivity contribution < 1.29 is 4.74 Å². The molecule has 2 fully saturated rings. The van der Waals surface area contributed by atoms with E-state index in [1.165, 1.54) is 6.42 Å². The summed E-state index contributed by atoms with van der Waals surface area (Å²) in [6.45, 7) is 8.76. The highest BCUT2D eigenvalue weighted by atomic mass is 16.5. The van der Waals surface area contributed by atoms with Gasteiger partial charge in [0.25, 0.3) is 0 Å². The summed E-state index contributed by atoms with van der Waals surface area (Å²) >= 11 is 0. The number of nitrogens with zero attached hydrogens (tertiary/aromatic N) is 1. The first-order valence-electron chi connectivity index (χ1n) is 5.37. The van der Waals surface area contributed by atoms with Gasteiger partial charge in [-0.3, -0.25) is 4.90 Å². The third-order valence-corrected chi connectivity index (χ3v) is 3.16. The van der Waals surface area contributed by atoms with Crippen molar-refractivity contribution in [1.29, 1.82) is 0 Å². The van der Waals surface area contributed by atoms with Gasteiger partial charge in [-0.15, -0.1) is 0 Å². The lowest BCUT2D eigenvalue weighted by Crippen LogP contribution is -2.60. The van der Waals surface area contributed by atoms with Crippen LogP contribution in [0.4, 0.5) is 0 Å². The number of piperidine rings is 1. The van der Waals surface area contributed by atoms with Crippen molar-refractivity contribution in [3.8, 4) is 0 Å². The van der Waals surface area contributed by atoms with E-state index in [1.807, 2.05) is 0 Å². The van der Waals surface area contributed by atoms with Crippen LogP contribution in [0.2, 0.25) is 0 Å². The Hall–Kier alpha value is -0.120. The van der Waals surface area contributed by atoms with Gasteiger partial charge in [0.15, 0.2) is 0 Å². The summed E-state index contributed by atoms with van der Waals surface area (Å²) in [6, 6.07) is 1.32. The first-order valence-corrected chi connectivity index (χ1v) is 5.37. The molecule has 3 nitrogen and oxygen atoms in total. The quantitative estimate of drug-likeness (QED) is 0.640. The second kappa shape index (κ2) is 3.95. The van der Waals surface area contributed by atoms with Crippen LogP contribution in [0.1, 0.15) is 20.3 Å². The molecule has 13 heavy (non-hydrogen) atoms. The minimum Gasteiger partial charge on any atom is -0.374 e. The summed E-state index contributed by atoms with van der Waals surface area (Å²) in [7, 11) is 0. The van der Waals surface area contributed by atoms with E-state index in [0.29, 0.717) is 18.2 Å². The molecule has 2 unspecified atom stereocenters. The smallest absolute Gasteiger partial charge is 0.0855 e. The molecule has 0 radical (unpaired) electrons. The zero-order chi connectivity index (χ0) is 9.26. The minimum absolute atomic E-state index is 0.435. The predicted molar refractivity (Wildman–Crippen MR) is 52.9 cm³/mol. The Bertz CT molecular complexity index is 170. The average Bonchev–Trinajstić information content (AvgIpc) is 2.17. The van der Waals surface area contributed by atoms with Gasteiger partial charge in [-0.25, -0.2) is 0 Å². The van der Waals surface area contributed by atoms with E-state index in [1.54, 1.807) is 0 Å². The van der Waals surface area contributed by atoms with Crippen molar-refractivity contribution >= 4 is 0 Å². The Balaban J connectivity index is 2.02. The van der Waals surface area contributed by atoms with Gasteiger partial charge in [-0.05, 0) is 26.8 Å². The van der Waals surface area contributed by atoms with Crippen molar-refractivity contribution in [3.05, 3.63) is 0 Å². The summed E-state index contributed by atoms with van der Waals surface area (Å²) in [6.07, 6.45) is 1.67. The fraction of sp³-hybridized carbons (Fsp3) is 1.00. The summed E-state index contributed by atoms with van der Waals surface area (Å²) in [4.78, 5) is 2.59. The van der Waals surface area contributed by atoms with Crippen LogP contribution in [0, 0.1) is 0 Å². The Kier molecular flexibility index (Phi) is 2.86. The fourth-order valence-corrected chi connectivity index (χ4v) is 2.48. The second-order valence-corrected chi connectivity index (χ2v) is 4.30. The first-order chi connectivity index (χ1) is 6.29. The van der Waals surface area contributed by atoms with Gasteiger partial charge in [0.1, 0.15) is 0 Å². The van der Waals surface area contributed by atoms with Gasteiger partial charge < -0.3 is 10.1 Å². The summed E-state index contributed by atoms with van der Waals surface area (Å²) in [5.41, 5.74) is 0. The number of hydrogen-bond donors (Lipinski definition) is 1. The normalized spacial score (nSPS) is 36.2. The largest absolute Gasteiger partial charge is 0.374 e. The Morgan fingerprint density at radius 2 is 2.31 bits per heavy atom. The van der Waals surface area contributed by atoms with Gasteiger partial charge >= 0.3 is 0 Å². The average molecular weight is 184 g/mol. The van der Waals surface area contributed by atoms with Crippen molar-refractivity contribution in [3.63, 3.8) is 0 Å². The molecule has 0 aromatic carbocycles. The number of fused-ring (bicyclic) bond motifs is 1. The third kappa shape index (κ3) is 1.87. The van der Waals surface area contributed by atoms with E-state index in [-0.39, 0.29) is 0 Å². The van der Waals surface area contributed by atoms with Crippen molar-refractivity contribution in [2.24, 2.45) is 0 Å². The lowest BCUT2D eigenvalue weighted by Gasteiger charge is -2.45. The van der Waals surface area contributed by atoms with Gasteiger partial charge in [-0.2, -0.15) is 0 Å². The van der Waals surface area contributed by atoms with Crippen molar-refractivity contribution in [2.75, 3.05) is 26.2 Å². The van der Waals surface area contributed by atoms with Gasteiger partial charge in [0.05, 0.1) is 12.7 Å². The lowest BCUT2D eigenvalue weighted by molar-refractivity contribution is -0.0913. The first kappa shape index (κ1) is 9.44. The highest BCUT2D eigenvalue weighted by Crippen LogP contribution is 2.21. The predicted octanol–water partition coefficient (Wildman–Crippen LogP) is 0.458. The molecule has 0 aromatic heterocycles. The minimum atomic E-state index is 0.435. The summed E-state index contributed by atoms with van der Waals surface area (Å²) in [5, 5.41) is 3.39. The number of ether oxygens (including phenoxy) is 1. The number of hydrogen-bond acceptors (Lipinski definition) is 3. The SMILES string of the molecule is CC(C)N1CCOC2CNCCC21. The molecule has 0 bridgehead atoms. The molecule has 1 N–H and O–H groups in total. The highest BCUT2D eigenvalue weighted by molar-refractivity contribution is 4.90. The van der Waals surface area contributed by atoms with Gasteiger partial charge in [-0.1, -0.05) is 0 Å². The molecule has 0 aliphatic carbocycles. The van der Waals surface area contributed by atoms with Crippen LogP contribution in [0.5, 0.6) is 0 Å². The van der Waals surface area contributed by atoms with E-state index in [0.717, 1.165) is 26.2 Å². The van der Waals surface area contributed by atoms with Crippen LogP contribution in [0.3, 0.4) is 0 Å². The van der Waals surface area contributed by atoms with Crippen LogP contribution in [0.25, 0.3) is 0 Å². The molecule has 0 aromatic rings. The summed E-state index contributed by atoms with van der Waals surface area (Å²) < 4.78 is 5.76. The molecule has 3 heteroatoms. The van der Waals surface area contributed by atoms with E-state index in [2.05, 4.69) is 24.1 Å².